The largest absolute Gasteiger partial charge is 0.359 e. The summed E-state index contributed by atoms with van der Waals surface area (Å²) in [5, 5.41) is 24.3. The highest BCUT2D eigenvalue weighted by Crippen LogP contribution is 2.28. The fourth-order valence-corrected chi connectivity index (χ4v) is 2.38. The molecule has 0 fully saturated rings. The van der Waals surface area contributed by atoms with Crippen molar-refractivity contribution in [3.8, 4) is 22.5 Å². The molecule has 0 N–H and O–H groups in total. The van der Waals surface area contributed by atoms with Crippen LogP contribution < -0.4 is 4.90 Å². The molecule has 6 nitrogen and oxygen atoms in total. The lowest BCUT2D eigenvalue weighted by atomic mass is 10.1. The molecule has 2 heterocycles. The summed E-state index contributed by atoms with van der Waals surface area (Å²) in [6.07, 6.45) is 0. The van der Waals surface area contributed by atoms with Crippen molar-refractivity contribution in [2.24, 2.45) is 0 Å². The molecule has 22 heavy (non-hydrogen) atoms. The average molecular weight is 290 g/mol. The number of rotatable bonds is 2. The number of nitrogens with zero attached hydrogens (tertiary/aromatic N) is 4. The summed E-state index contributed by atoms with van der Waals surface area (Å²) in [7, 11) is 0. The minimum atomic E-state index is 0.278. The zero-order chi connectivity index (χ0) is 14.9. The Hall–Kier alpha value is -3.28. The summed E-state index contributed by atoms with van der Waals surface area (Å²) in [4.78, 5) is 0.374. The molecule has 4 aromatic rings. The Morgan fingerprint density at radius 2 is 1.32 bits per heavy atom. The van der Waals surface area contributed by atoms with Gasteiger partial charge in [-0.2, -0.15) is 0 Å². The summed E-state index contributed by atoms with van der Waals surface area (Å²) in [5.41, 5.74) is 3.26. The van der Waals surface area contributed by atoms with Gasteiger partial charge in [0.25, 0.3) is 11.0 Å². The highest BCUT2D eigenvalue weighted by molar-refractivity contribution is 5.94. The number of hydrogen-bond donors (Lipinski definition) is 0. The molecular formula is C16H10N4O2. The van der Waals surface area contributed by atoms with Crippen LogP contribution in [0.2, 0.25) is 0 Å². The summed E-state index contributed by atoms with van der Waals surface area (Å²) in [6, 6.07) is 18.8. The fourth-order valence-electron chi connectivity index (χ4n) is 2.38. The van der Waals surface area contributed by atoms with Crippen molar-refractivity contribution in [1.29, 1.82) is 0 Å². The molecule has 0 aliphatic carbocycles. The summed E-state index contributed by atoms with van der Waals surface area (Å²) in [5.74, 6) is 0. The van der Waals surface area contributed by atoms with Crippen LogP contribution in [0.15, 0.2) is 65.3 Å². The van der Waals surface area contributed by atoms with Crippen molar-refractivity contribution in [2.75, 3.05) is 0 Å². The molecule has 0 saturated heterocycles. The van der Waals surface area contributed by atoms with Gasteiger partial charge in [-0.25, -0.2) is 0 Å². The van der Waals surface area contributed by atoms with E-state index in [2.05, 4.69) is 15.4 Å². The molecule has 0 spiro atoms. The second-order valence-corrected chi connectivity index (χ2v) is 4.76. The zero-order valence-electron chi connectivity index (χ0n) is 11.4. The van der Waals surface area contributed by atoms with E-state index >= 15 is 0 Å². The van der Waals surface area contributed by atoms with Crippen LogP contribution >= 0.6 is 0 Å². The van der Waals surface area contributed by atoms with Gasteiger partial charge in [-0.15, -0.1) is 10.2 Å². The molecule has 2 aromatic carbocycles. The Morgan fingerprint density at radius 1 is 0.773 bits per heavy atom. The van der Waals surface area contributed by atoms with Crippen molar-refractivity contribution >= 4 is 11.0 Å². The molecule has 4 rings (SSSR count). The highest BCUT2D eigenvalue weighted by Gasteiger charge is 2.23. The van der Waals surface area contributed by atoms with Crippen LogP contribution in [0.4, 0.5) is 0 Å². The van der Waals surface area contributed by atoms with Crippen molar-refractivity contribution in [3.63, 3.8) is 0 Å². The Bertz CT molecular complexity index is 936. The topological polar surface area (TPSA) is 78.8 Å². The van der Waals surface area contributed by atoms with E-state index in [4.69, 9.17) is 4.63 Å². The molecule has 0 amide bonds. The van der Waals surface area contributed by atoms with Gasteiger partial charge in [-0.05, 0) is 4.90 Å². The second kappa shape index (κ2) is 4.92. The molecular weight excluding hydrogens is 280 g/mol. The molecule has 0 unspecified atom stereocenters. The number of benzene rings is 2. The molecule has 2 aromatic heterocycles. The predicted molar refractivity (Wildman–Crippen MR) is 79.4 cm³/mol. The standard InChI is InChI=1S/C16H10N4O2/c21-20-16-14(12-9-5-2-6-10-12)18-17-13(15(16)19-22-20)11-7-3-1-4-8-11/h1-10H. The first-order valence-electron chi connectivity index (χ1n) is 6.71. The molecule has 0 aliphatic rings. The first kappa shape index (κ1) is 12.5. The van der Waals surface area contributed by atoms with E-state index in [0.717, 1.165) is 11.1 Å². The van der Waals surface area contributed by atoms with Gasteiger partial charge in [0, 0.05) is 16.3 Å². The van der Waals surface area contributed by atoms with Gasteiger partial charge in [0.2, 0.25) is 0 Å². The van der Waals surface area contributed by atoms with E-state index in [9.17, 15) is 5.21 Å². The van der Waals surface area contributed by atoms with Crippen molar-refractivity contribution in [2.45, 2.75) is 0 Å². The minimum Gasteiger partial charge on any atom is -0.359 e. The van der Waals surface area contributed by atoms with Gasteiger partial charge in [-0.3, -0.25) is 4.63 Å². The van der Waals surface area contributed by atoms with Crippen molar-refractivity contribution in [1.82, 2.24) is 15.4 Å². The molecule has 0 saturated carbocycles. The smallest absolute Gasteiger partial charge is 0.278 e. The van der Waals surface area contributed by atoms with Crippen LogP contribution in [-0.4, -0.2) is 15.4 Å². The molecule has 106 valence electrons. The van der Waals surface area contributed by atoms with Crippen LogP contribution in [0.1, 0.15) is 0 Å². The van der Waals surface area contributed by atoms with Gasteiger partial charge in [0.1, 0.15) is 5.69 Å². The first-order chi connectivity index (χ1) is 10.8. The number of fused-ring (bicyclic) bond motifs is 1. The molecule has 0 atom stereocenters. The average Bonchev–Trinajstić information content (AvgIpc) is 2.98. The van der Waals surface area contributed by atoms with Crippen LogP contribution in [0.5, 0.6) is 0 Å². The lowest BCUT2D eigenvalue weighted by molar-refractivity contribution is -0.782. The number of hydrogen-bond acceptors (Lipinski definition) is 5. The van der Waals surface area contributed by atoms with Gasteiger partial charge in [0.15, 0.2) is 5.69 Å². The van der Waals surface area contributed by atoms with E-state index in [0.29, 0.717) is 21.8 Å². The van der Waals surface area contributed by atoms with Gasteiger partial charge in [0.05, 0.1) is 0 Å². The Labute approximate surface area is 125 Å². The lowest BCUT2D eigenvalue weighted by Gasteiger charge is -2.02. The Morgan fingerprint density at radius 3 is 1.95 bits per heavy atom. The summed E-state index contributed by atoms with van der Waals surface area (Å²) < 4.78 is 4.77. The maximum atomic E-state index is 12.0. The molecule has 0 bridgehead atoms. The van der Waals surface area contributed by atoms with E-state index in [-0.39, 0.29) is 5.52 Å². The highest BCUT2D eigenvalue weighted by atomic mass is 16.8. The van der Waals surface area contributed by atoms with E-state index < -0.39 is 0 Å². The third-order valence-electron chi connectivity index (χ3n) is 3.41. The molecule has 0 aliphatic heterocycles. The van der Waals surface area contributed by atoms with Crippen LogP contribution in [0, 0.1) is 5.21 Å². The van der Waals surface area contributed by atoms with Gasteiger partial charge in [-0.1, -0.05) is 60.7 Å². The summed E-state index contributed by atoms with van der Waals surface area (Å²) in [6.45, 7) is 0. The Kier molecular flexibility index (Phi) is 2.79. The Balaban J connectivity index is 2.02. The third kappa shape index (κ3) is 1.89. The normalized spacial score (nSPS) is 10.9. The van der Waals surface area contributed by atoms with Gasteiger partial charge >= 0.3 is 0 Å². The van der Waals surface area contributed by atoms with Gasteiger partial charge < -0.3 is 5.21 Å². The second-order valence-electron chi connectivity index (χ2n) is 4.76. The SMILES string of the molecule is [O-][n+]1onc2c(-c3ccccc3)nnc(-c3ccccc3)c21. The lowest BCUT2D eigenvalue weighted by Crippen LogP contribution is -2.23. The monoisotopic (exact) mass is 290 g/mol. The van der Waals surface area contributed by atoms with Crippen LogP contribution in [0.25, 0.3) is 33.5 Å². The molecule has 0 radical (unpaired) electrons. The van der Waals surface area contributed by atoms with Crippen LogP contribution in [0.3, 0.4) is 0 Å². The van der Waals surface area contributed by atoms with Crippen LogP contribution in [-0.2, 0) is 0 Å². The number of aromatic nitrogens is 4. The van der Waals surface area contributed by atoms with E-state index in [1.807, 2.05) is 60.7 Å². The predicted octanol–water partition coefficient (Wildman–Crippen LogP) is 2.59. The van der Waals surface area contributed by atoms with E-state index in [1.165, 1.54) is 0 Å². The minimum absolute atomic E-state index is 0.278. The maximum Gasteiger partial charge on any atom is 0.278 e. The van der Waals surface area contributed by atoms with Crippen molar-refractivity contribution in [3.05, 3.63) is 65.9 Å². The first-order valence-corrected chi connectivity index (χ1v) is 6.71. The molecule has 6 heteroatoms. The maximum absolute atomic E-state index is 12.0. The summed E-state index contributed by atoms with van der Waals surface area (Å²) >= 11 is 0. The van der Waals surface area contributed by atoms with E-state index in [1.54, 1.807) is 0 Å². The third-order valence-corrected chi connectivity index (χ3v) is 3.41. The zero-order valence-corrected chi connectivity index (χ0v) is 11.4. The van der Waals surface area contributed by atoms with Crippen molar-refractivity contribution < 1.29 is 9.53 Å². The quantitative estimate of drug-likeness (QED) is 0.530. The fraction of sp³-hybridized carbons (Fsp3) is 0.